The molecule has 0 aromatic heterocycles. The quantitative estimate of drug-likeness (QED) is 0.782. The maximum absolute atomic E-state index is 2.87. The number of nitrogens with zero attached hydrogens (tertiary/aromatic N) is 2. The minimum atomic E-state index is 1.22. The maximum atomic E-state index is 2.87. The number of nitrogens with one attached hydrogen (secondary N) is 1. The largest absolute Gasteiger partial charge is 0.394 e. The van der Waals surface area contributed by atoms with Crippen molar-refractivity contribution >= 4 is 0 Å². The summed E-state index contributed by atoms with van der Waals surface area (Å²) in [6.07, 6.45) is 7.77. The van der Waals surface area contributed by atoms with Crippen LogP contribution in [-0.2, 0) is 0 Å². The van der Waals surface area contributed by atoms with Crippen LogP contribution in [0.4, 0.5) is 0 Å². The lowest BCUT2D eigenvalue weighted by Gasteiger charge is -2.31. The Balaban J connectivity index is 0. The standard InChI is InChI=1S/C7H16N2.C6H11N.C2H6/c1-3-9-6-4-8(2)5-7-9;1-3-4-5-6-7-2;1-2/h3-7H2,1-2H3;3-7H,1-2H3;1-2H3/b;4-3-,6-5-;. The van der Waals surface area contributed by atoms with Crippen molar-refractivity contribution < 1.29 is 0 Å². The Kier molecular flexibility index (Phi) is 17.6. The summed E-state index contributed by atoms with van der Waals surface area (Å²) < 4.78 is 0. The Morgan fingerprint density at radius 1 is 1.06 bits per heavy atom. The van der Waals surface area contributed by atoms with Gasteiger partial charge in [0.25, 0.3) is 0 Å². The highest BCUT2D eigenvalue weighted by molar-refractivity contribution is 4.99. The summed E-state index contributed by atoms with van der Waals surface area (Å²) in [5.74, 6) is 0. The van der Waals surface area contributed by atoms with Crippen LogP contribution in [0.25, 0.3) is 0 Å². The van der Waals surface area contributed by atoms with Gasteiger partial charge >= 0.3 is 0 Å². The molecule has 0 aliphatic carbocycles. The highest BCUT2D eigenvalue weighted by Crippen LogP contribution is 1.96. The molecule has 3 heteroatoms. The first-order valence-corrected chi connectivity index (χ1v) is 7.10. The topological polar surface area (TPSA) is 18.5 Å². The summed E-state index contributed by atoms with van der Waals surface area (Å²) >= 11 is 0. The Hall–Kier alpha value is -0.800. The molecule has 3 nitrogen and oxygen atoms in total. The third-order valence-corrected chi connectivity index (χ3v) is 2.61. The van der Waals surface area contributed by atoms with Gasteiger partial charge in [0.2, 0.25) is 0 Å². The molecule has 0 radical (unpaired) electrons. The van der Waals surface area contributed by atoms with Gasteiger partial charge in [0.05, 0.1) is 0 Å². The SMILES string of the molecule is C/C=C\C=C/NC.CC.CCN1CCN(C)CC1. The molecule has 108 valence electrons. The molecule has 1 rings (SSSR count). The second-order valence-electron chi connectivity index (χ2n) is 3.91. The molecule has 0 atom stereocenters. The van der Waals surface area contributed by atoms with Crippen LogP contribution in [0.5, 0.6) is 0 Å². The van der Waals surface area contributed by atoms with Crippen molar-refractivity contribution in [1.29, 1.82) is 0 Å². The monoisotopic (exact) mass is 255 g/mol. The van der Waals surface area contributed by atoms with Gasteiger partial charge in [0.15, 0.2) is 0 Å². The van der Waals surface area contributed by atoms with Crippen LogP contribution >= 0.6 is 0 Å². The third kappa shape index (κ3) is 13.3. The molecule has 1 aliphatic heterocycles. The molecule has 0 amide bonds. The highest BCUT2D eigenvalue weighted by atomic mass is 15.2. The number of likely N-dealkylation sites (N-methyl/N-ethyl adjacent to an activating group) is 2. The number of allylic oxidation sites excluding steroid dienone is 3. The first-order valence-electron chi connectivity index (χ1n) is 7.10. The minimum absolute atomic E-state index is 1.22. The second kappa shape index (κ2) is 16.2. The predicted molar refractivity (Wildman–Crippen MR) is 84.0 cm³/mol. The molecule has 0 unspecified atom stereocenters. The van der Waals surface area contributed by atoms with E-state index in [-0.39, 0.29) is 0 Å². The molecule has 18 heavy (non-hydrogen) atoms. The normalized spacial score (nSPS) is 17.0. The van der Waals surface area contributed by atoms with Gasteiger partial charge in [-0.1, -0.05) is 32.9 Å². The first kappa shape index (κ1) is 19.5. The Morgan fingerprint density at radius 3 is 2.00 bits per heavy atom. The van der Waals surface area contributed by atoms with E-state index in [1.165, 1.54) is 32.7 Å². The zero-order valence-electron chi connectivity index (χ0n) is 13.2. The second-order valence-corrected chi connectivity index (χ2v) is 3.91. The van der Waals surface area contributed by atoms with Crippen LogP contribution in [-0.4, -0.2) is 56.6 Å². The maximum Gasteiger partial charge on any atom is 0.0110 e. The van der Waals surface area contributed by atoms with E-state index in [2.05, 4.69) is 29.1 Å². The molecule has 1 N–H and O–H groups in total. The van der Waals surface area contributed by atoms with Crippen molar-refractivity contribution in [2.45, 2.75) is 27.7 Å². The summed E-state index contributed by atoms with van der Waals surface area (Å²) in [6, 6.07) is 0. The zero-order valence-corrected chi connectivity index (χ0v) is 13.2. The van der Waals surface area contributed by atoms with Crippen molar-refractivity contribution in [2.24, 2.45) is 0 Å². The summed E-state index contributed by atoms with van der Waals surface area (Å²) in [6.45, 7) is 14.4. The average Bonchev–Trinajstić information content (AvgIpc) is 2.43. The van der Waals surface area contributed by atoms with Gasteiger partial charge < -0.3 is 15.1 Å². The van der Waals surface area contributed by atoms with Crippen molar-refractivity contribution in [2.75, 3.05) is 46.8 Å². The molecule has 0 bridgehead atoms. The van der Waals surface area contributed by atoms with E-state index in [9.17, 15) is 0 Å². The summed E-state index contributed by atoms with van der Waals surface area (Å²) in [5.41, 5.74) is 0. The Bertz CT molecular complexity index is 192. The van der Waals surface area contributed by atoms with Crippen molar-refractivity contribution in [3.05, 3.63) is 24.4 Å². The van der Waals surface area contributed by atoms with E-state index in [0.29, 0.717) is 0 Å². The molecular formula is C15H33N3. The van der Waals surface area contributed by atoms with E-state index >= 15 is 0 Å². The molecule has 1 saturated heterocycles. The van der Waals surface area contributed by atoms with Gasteiger partial charge in [0.1, 0.15) is 0 Å². The average molecular weight is 255 g/mol. The molecule has 1 heterocycles. The molecule has 0 aromatic rings. The van der Waals surface area contributed by atoms with Crippen LogP contribution in [0.1, 0.15) is 27.7 Å². The number of rotatable bonds is 3. The molecule has 0 spiro atoms. The van der Waals surface area contributed by atoms with Crippen LogP contribution in [0.3, 0.4) is 0 Å². The van der Waals surface area contributed by atoms with E-state index in [4.69, 9.17) is 0 Å². The molecule has 0 saturated carbocycles. The first-order chi connectivity index (χ1) is 8.74. The van der Waals surface area contributed by atoms with Gasteiger partial charge in [-0.25, -0.2) is 0 Å². The van der Waals surface area contributed by atoms with Gasteiger partial charge in [-0.3, -0.25) is 0 Å². The highest BCUT2D eigenvalue weighted by Gasteiger charge is 2.10. The summed E-state index contributed by atoms with van der Waals surface area (Å²) in [5, 5.41) is 2.87. The predicted octanol–water partition coefficient (Wildman–Crippen LogP) is 2.58. The van der Waals surface area contributed by atoms with E-state index in [1.54, 1.807) is 0 Å². The Labute approximate surface area is 115 Å². The lowest BCUT2D eigenvalue weighted by Crippen LogP contribution is -2.44. The van der Waals surface area contributed by atoms with Crippen LogP contribution in [0.15, 0.2) is 24.4 Å². The fourth-order valence-corrected chi connectivity index (χ4v) is 1.43. The number of hydrogen-bond donors (Lipinski definition) is 1. The lowest BCUT2D eigenvalue weighted by atomic mass is 10.3. The third-order valence-electron chi connectivity index (χ3n) is 2.61. The zero-order chi connectivity index (χ0) is 14.2. The molecule has 0 aromatic carbocycles. The van der Waals surface area contributed by atoms with Crippen molar-refractivity contribution in [1.82, 2.24) is 15.1 Å². The number of hydrogen-bond acceptors (Lipinski definition) is 3. The Morgan fingerprint density at radius 2 is 1.61 bits per heavy atom. The van der Waals surface area contributed by atoms with Gasteiger partial charge in [0, 0.05) is 33.2 Å². The fourth-order valence-electron chi connectivity index (χ4n) is 1.43. The van der Waals surface area contributed by atoms with E-state index in [0.717, 1.165) is 0 Å². The number of piperazine rings is 1. The van der Waals surface area contributed by atoms with Crippen molar-refractivity contribution in [3.63, 3.8) is 0 Å². The van der Waals surface area contributed by atoms with Crippen LogP contribution in [0.2, 0.25) is 0 Å². The minimum Gasteiger partial charge on any atom is -0.394 e. The molecule has 1 aliphatic rings. The van der Waals surface area contributed by atoms with Crippen LogP contribution < -0.4 is 5.32 Å². The van der Waals surface area contributed by atoms with Gasteiger partial charge in [-0.15, -0.1) is 0 Å². The molecular weight excluding hydrogens is 222 g/mol. The lowest BCUT2D eigenvalue weighted by molar-refractivity contribution is 0.160. The van der Waals surface area contributed by atoms with E-state index in [1.807, 2.05) is 52.2 Å². The van der Waals surface area contributed by atoms with E-state index < -0.39 is 0 Å². The van der Waals surface area contributed by atoms with Crippen LogP contribution in [0, 0.1) is 0 Å². The fraction of sp³-hybridized carbons (Fsp3) is 0.733. The smallest absolute Gasteiger partial charge is 0.0110 e. The summed E-state index contributed by atoms with van der Waals surface area (Å²) in [4.78, 5) is 4.87. The van der Waals surface area contributed by atoms with Gasteiger partial charge in [-0.05, 0) is 32.8 Å². The van der Waals surface area contributed by atoms with Gasteiger partial charge in [-0.2, -0.15) is 0 Å². The van der Waals surface area contributed by atoms with Crippen molar-refractivity contribution in [3.8, 4) is 0 Å². The summed E-state index contributed by atoms with van der Waals surface area (Å²) in [7, 11) is 4.06. The molecule has 1 fully saturated rings.